The Balaban J connectivity index is 1.70. The number of nitrogens with zero attached hydrogens (tertiary/aromatic N) is 4. The molecule has 3 rings (SSSR count). The number of carbonyl (C=O) groups excluding carboxylic acids is 1. The van der Waals surface area contributed by atoms with Crippen molar-refractivity contribution in [2.24, 2.45) is 0 Å². The second kappa shape index (κ2) is 8.56. The number of piperidine rings is 1. The molecule has 0 unspecified atom stereocenters. The highest BCUT2D eigenvalue weighted by Crippen LogP contribution is 2.23. The summed E-state index contributed by atoms with van der Waals surface area (Å²) in [5, 5.41) is 7.41. The molecule has 3 heterocycles. The van der Waals surface area contributed by atoms with Gasteiger partial charge in [0.2, 0.25) is 0 Å². The number of alkyl halides is 2. The van der Waals surface area contributed by atoms with Crippen molar-refractivity contribution in [1.29, 1.82) is 0 Å². The summed E-state index contributed by atoms with van der Waals surface area (Å²) >= 11 is 0. The van der Waals surface area contributed by atoms with Crippen molar-refractivity contribution in [3.05, 3.63) is 41.9 Å². The Morgan fingerprint density at radius 2 is 2.04 bits per heavy atom. The standard InChI is InChI=1S/C19H25F2N5O/c1-13(2)18-15(11-23-26(18)17-5-3-4-8-22-17)19(27)24-14-6-9-25(10-7-14)12-16(20)21/h3-5,8,11,13-14,16H,6-7,9-10,12H2,1-2H3,(H,24,27). The smallest absolute Gasteiger partial charge is 0.255 e. The first-order valence-corrected chi connectivity index (χ1v) is 9.26. The lowest BCUT2D eigenvalue weighted by Gasteiger charge is -2.32. The summed E-state index contributed by atoms with van der Waals surface area (Å²) < 4.78 is 26.7. The molecule has 1 amide bonds. The zero-order valence-electron chi connectivity index (χ0n) is 15.6. The minimum Gasteiger partial charge on any atom is -0.349 e. The molecule has 0 bridgehead atoms. The van der Waals surface area contributed by atoms with E-state index in [1.54, 1.807) is 22.0 Å². The molecule has 2 aromatic rings. The molecule has 2 aromatic heterocycles. The summed E-state index contributed by atoms with van der Waals surface area (Å²) in [6.07, 6.45) is 2.29. The van der Waals surface area contributed by atoms with Crippen molar-refractivity contribution >= 4 is 5.91 Å². The Morgan fingerprint density at radius 1 is 1.30 bits per heavy atom. The molecule has 6 nitrogen and oxygen atoms in total. The monoisotopic (exact) mass is 377 g/mol. The van der Waals surface area contributed by atoms with Crippen LogP contribution in [-0.4, -0.2) is 57.7 Å². The van der Waals surface area contributed by atoms with E-state index >= 15 is 0 Å². The zero-order chi connectivity index (χ0) is 19.4. The van der Waals surface area contributed by atoms with Gasteiger partial charge in [-0.1, -0.05) is 19.9 Å². The number of carbonyl (C=O) groups is 1. The largest absolute Gasteiger partial charge is 0.349 e. The van der Waals surface area contributed by atoms with E-state index in [0.29, 0.717) is 37.3 Å². The summed E-state index contributed by atoms with van der Waals surface area (Å²) in [5.41, 5.74) is 1.34. The van der Waals surface area contributed by atoms with Crippen LogP contribution in [0.15, 0.2) is 30.6 Å². The van der Waals surface area contributed by atoms with Crippen LogP contribution >= 0.6 is 0 Å². The van der Waals surface area contributed by atoms with E-state index in [1.165, 1.54) is 0 Å². The average Bonchev–Trinajstić information content (AvgIpc) is 3.09. The molecular weight excluding hydrogens is 352 g/mol. The van der Waals surface area contributed by atoms with Crippen molar-refractivity contribution in [3.8, 4) is 5.82 Å². The molecule has 0 atom stereocenters. The molecule has 1 fully saturated rings. The first kappa shape index (κ1) is 19.4. The van der Waals surface area contributed by atoms with Gasteiger partial charge in [0.1, 0.15) is 0 Å². The van der Waals surface area contributed by atoms with Gasteiger partial charge in [-0.15, -0.1) is 0 Å². The fourth-order valence-corrected chi connectivity index (χ4v) is 3.47. The predicted molar refractivity (Wildman–Crippen MR) is 98.4 cm³/mol. The van der Waals surface area contributed by atoms with Crippen LogP contribution in [0.3, 0.4) is 0 Å². The van der Waals surface area contributed by atoms with Gasteiger partial charge in [0.05, 0.1) is 24.0 Å². The Morgan fingerprint density at radius 3 is 2.63 bits per heavy atom. The van der Waals surface area contributed by atoms with Gasteiger partial charge in [0.15, 0.2) is 5.82 Å². The van der Waals surface area contributed by atoms with Gasteiger partial charge in [0, 0.05) is 25.3 Å². The van der Waals surface area contributed by atoms with Crippen LogP contribution in [0.25, 0.3) is 5.82 Å². The normalized spacial score (nSPS) is 16.2. The summed E-state index contributed by atoms with van der Waals surface area (Å²) in [6, 6.07) is 5.54. The third-order valence-electron chi connectivity index (χ3n) is 4.78. The second-order valence-corrected chi connectivity index (χ2v) is 7.14. The number of likely N-dealkylation sites (tertiary alicyclic amines) is 1. The minimum atomic E-state index is -2.32. The molecule has 0 aromatic carbocycles. The Kier molecular flexibility index (Phi) is 6.15. The van der Waals surface area contributed by atoms with Crippen LogP contribution < -0.4 is 5.32 Å². The van der Waals surface area contributed by atoms with Crippen LogP contribution in [0.5, 0.6) is 0 Å². The lowest BCUT2D eigenvalue weighted by molar-refractivity contribution is 0.0696. The van der Waals surface area contributed by atoms with Crippen molar-refractivity contribution in [2.45, 2.75) is 45.1 Å². The number of pyridine rings is 1. The molecule has 1 aliphatic rings. The maximum atomic E-state index is 12.8. The van der Waals surface area contributed by atoms with E-state index in [0.717, 1.165) is 5.69 Å². The number of halogens is 2. The molecule has 27 heavy (non-hydrogen) atoms. The molecule has 0 radical (unpaired) electrons. The van der Waals surface area contributed by atoms with Crippen molar-refractivity contribution < 1.29 is 13.6 Å². The molecule has 0 saturated carbocycles. The second-order valence-electron chi connectivity index (χ2n) is 7.14. The minimum absolute atomic E-state index is 0.00960. The van der Waals surface area contributed by atoms with E-state index in [-0.39, 0.29) is 24.4 Å². The van der Waals surface area contributed by atoms with Crippen LogP contribution in [0.1, 0.15) is 48.7 Å². The van der Waals surface area contributed by atoms with E-state index in [1.807, 2.05) is 32.0 Å². The maximum Gasteiger partial charge on any atom is 0.255 e. The van der Waals surface area contributed by atoms with Gasteiger partial charge in [-0.25, -0.2) is 18.4 Å². The number of hydrogen-bond donors (Lipinski definition) is 1. The first-order chi connectivity index (χ1) is 13.0. The molecule has 1 saturated heterocycles. The number of hydrogen-bond acceptors (Lipinski definition) is 4. The number of amides is 1. The zero-order valence-corrected chi connectivity index (χ0v) is 15.6. The lowest BCUT2D eigenvalue weighted by atomic mass is 10.0. The van der Waals surface area contributed by atoms with Crippen LogP contribution in [0.4, 0.5) is 8.78 Å². The quantitative estimate of drug-likeness (QED) is 0.841. The molecule has 0 spiro atoms. The molecular formula is C19H25F2N5O. The van der Waals surface area contributed by atoms with Gasteiger partial charge in [-0.3, -0.25) is 9.69 Å². The summed E-state index contributed by atoms with van der Waals surface area (Å²) in [5.74, 6) is 0.580. The predicted octanol–water partition coefficient (Wildman–Crippen LogP) is 2.85. The third-order valence-corrected chi connectivity index (χ3v) is 4.78. The molecule has 146 valence electrons. The maximum absolute atomic E-state index is 12.8. The van der Waals surface area contributed by atoms with Gasteiger partial charge in [-0.2, -0.15) is 5.10 Å². The summed E-state index contributed by atoms with van der Waals surface area (Å²) in [7, 11) is 0. The number of rotatable bonds is 6. The van der Waals surface area contributed by atoms with E-state index in [4.69, 9.17) is 0 Å². The van der Waals surface area contributed by atoms with E-state index < -0.39 is 6.43 Å². The van der Waals surface area contributed by atoms with Crippen molar-refractivity contribution in [2.75, 3.05) is 19.6 Å². The van der Waals surface area contributed by atoms with Crippen molar-refractivity contribution in [1.82, 2.24) is 25.0 Å². The topological polar surface area (TPSA) is 63.1 Å². The summed E-state index contributed by atoms with van der Waals surface area (Å²) in [6.45, 7) is 4.96. The SMILES string of the molecule is CC(C)c1c(C(=O)NC2CCN(CC(F)F)CC2)cnn1-c1ccccn1. The number of nitrogens with one attached hydrogen (secondary N) is 1. The number of aromatic nitrogens is 3. The molecule has 1 aliphatic heterocycles. The fourth-order valence-electron chi connectivity index (χ4n) is 3.47. The van der Waals surface area contributed by atoms with Crippen LogP contribution in [-0.2, 0) is 0 Å². The van der Waals surface area contributed by atoms with Gasteiger partial charge in [-0.05, 0) is 30.9 Å². The Hall–Kier alpha value is -2.35. The summed E-state index contributed by atoms with van der Waals surface area (Å²) in [4.78, 5) is 18.9. The molecule has 0 aliphatic carbocycles. The third kappa shape index (κ3) is 4.68. The molecule has 1 N–H and O–H groups in total. The van der Waals surface area contributed by atoms with Crippen LogP contribution in [0.2, 0.25) is 0 Å². The van der Waals surface area contributed by atoms with E-state index in [9.17, 15) is 13.6 Å². The highest BCUT2D eigenvalue weighted by Gasteiger charge is 2.26. The Labute approximate surface area is 157 Å². The van der Waals surface area contributed by atoms with Crippen LogP contribution in [0, 0.1) is 0 Å². The van der Waals surface area contributed by atoms with Crippen molar-refractivity contribution in [3.63, 3.8) is 0 Å². The Bertz CT molecular complexity index is 755. The highest BCUT2D eigenvalue weighted by atomic mass is 19.3. The average molecular weight is 377 g/mol. The highest BCUT2D eigenvalue weighted by molar-refractivity contribution is 5.95. The van der Waals surface area contributed by atoms with Gasteiger partial charge < -0.3 is 5.32 Å². The fraction of sp³-hybridized carbons (Fsp3) is 0.526. The first-order valence-electron chi connectivity index (χ1n) is 9.26. The van der Waals surface area contributed by atoms with E-state index in [2.05, 4.69) is 15.4 Å². The lowest BCUT2D eigenvalue weighted by Crippen LogP contribution is -2.45. The van der Waals surface area contributed by atoms with Gasteiger partial charge >= 0.3 is 0 Å². The molecule has 8 heteroatoms. The van der Waals surface area contributed by atoms with Gasteiger partial charge in [0.25, 0.3) is 12.3 Å².